The molecular weight excluding hydrogens is 597 g/mol. The number of hydrogen-bond donors (Lipinski definition) is 0. The van der Waals surface area contributed by atoms with E-state index in [-0.39, 0.29) is 0 Å². The average Bonchev–Trinajstić information content (AvgIpc) is 3.51. The van der Waals surface area contributed by atoms with Crippen LogP contribution >= 0.6 is 0 Å². The third-order valence-corrected chi connectivity index (χ3v) is 9.78. The van der Waals surface area contributed by atoms with Crippen molar-refractivity contribution in [2.45, 2.75) is 0 Å². The van der Waals surface area contributed by atoms with E-state index >= 15 is 0 Å². The summed E-state index contributed by atoms with van der Waals surface area (Å²) in [5, 5.41) is 4.93. The van der Waals surface area contributed by atoms with Gasteiger partial charge in [0.1, 0.15) is 0 Å². The number of fused-ring (bicyclic) bond motifs is 6. The Morgan fingerprint density at radius 2 is 1.02 bits per heavy atom. The summed E-state index contributed by atoms with van der Waals surface area (Å²) in [6.45, 7) is 0. The topological polar surface area (TPSA) is 17.4 Å². The lowest BCUT2D eigenvalue weighted by Crippen LogP contribution is -2.09. The minimum Gasteiger partial charge on any atom is -0.453 e. The first-order valence-corrected chi connectivity index (χ1v) is 16.7. The first kappa shape index (κ1) is 27.5. The lowest BCUT2D eigenvalue weighted by Gasteiger charge is -2.26. The van der Waals surface area contributed by atoms with Gasteiger partial charge in [-0.25, -0.2) is 0 Å². The number of nitrogens with zero attached hydrogens (tertiary/aromatic N) is 2. The van der Waals surface area contributed by atoms with Crippen molar-refractivity contribution in [3.05, 3.63) is 182 Å². The molecule has 10 rings (SSSR count). The van der Waals surface area contributed by atoms with Crippen molar-refractivity contribution >= 4 is 49.6 Å². The van der Waals surface area contributed by atoms with Crippen LogP contribution < -0.4 is 9.64 Å². The molecule has 0 saturated carbocycles. The second-order valence-electron chi connectivity index (χ2n) is 12.6. The first-order chi connectivity index (χ1) is 24.3. The zero-order valence-corrected chi connectivity index (χ0v) is 26.6. The Bertz CT molecular complexity index is 2670. The van der Waals surface area contributed by atoms with Gasteiger partial charge < -0.3 is 14.2 Å². The molecular formula is C46H30N2O. The molecule has 1 aliphatic heterocycles. The van der Waals surface area contributed by atoms with Crippen LogP contribution in [-0.2, 0) is 0 Å². The van der Waals surface area contributed by atoms with E-state index in [0.717, 1.165) is 39.8 Å². The highest BCUT2D eigenvalue weighted by molar-refractivity contribution is 6.13. The van der Waals surface area contributed by atoms with Crippen LogP contribution in [-0.4, -0.2) is 4.57 Å². The number of rotatable bonds is 5. The summed E-state index contributed by atoms with van der Waals surface area (Å²) < 4.78 is 8.67. The number of ether oxygens (including phenoxy) is 1. The summed E-state index contributed by atoms with van der Waals surface area (Å²) in [4.78, 5) is 2.32. The summed E-state index contributed by atoms with van der Waals surface area (Å²) in [5.74, 6) is 1.77. The molecule has 0 spiro atoms. The maximum absolute atomic E-state index is 6.32. The zero-order chi connectivity index (χ0) is 32.3. The summed E-state index contributed by atoms with van der Waals surface area (Å²) in [6.07, 6.45) is 0. The normalized spacial score (nSPS) is 11.8. The van der Waals surface area contributed by atoms with E-state index in [4.69, 9.17) is 4.74 Å². The maximum Gasteiger partial charge on any atom is 0.152 e. The maximum atomic E-state index is 6.32. The Morgan fingerprint density at radius 1 is 0.408 bits per heavy atom. The largest absolute Gasteiger partial charge is 0.453 e. The van der Waals surface area contributed by atoms with E-state index in [0.29, 0.717) is 0 Å². The number of para-hydroxylation sites is 4. The highest BCUT2D eigenvalue weighted by Gasteiger charge is 2.23. The Labute approximate surface area is 284 Å². The standard InChI is InChI=1S/C46H30N2O/c1-2-12-35(13-3-1)47(37-27-22-33(23-28-37)39-15-8-11-32-10-4-5-14-38(32)39)36-25-20-31(21-26-36)34-24-29-42-41(30-34)40-16-9-19-45-46(40)48(42)43-17-6-7-18-44(43)49-45/h1-30H. The molecule has 230 valence electrons. The van der Waals surface area contributed by atoms with E-state index in [2.05, 4.69) is 179 Å². The monoisotopic (exact) mass is 626 g/mol. The Morgan fingerprint density at radius 3 is 1.86 bits per heavy atom. The number of hydrogen-bond acceptors (Lipinski definition) is 2. The van der Waals surface area contributed by atoms with E-state index in [1.807, 2.05) is 12.1 Å². The van der Waals surface area contributed by atoms with Crippen molar-refractivity contribution in [2.75, 3.05) is 4.90 Å². The Hall–Kier alpha value is -6.58. The molecule has 0 radical (unpaired) electrons. The predicted octanol–water partition coefficient (Wildman–Crippen LogP) is 12.8. The third-order valence-electron chi connectivity index (χ3n) is 9.78. The van der Waals surface area contributed by atoms with Gasteiger partial charge in [-0.3, -0.25) is 0 Å². The summed E-state index contributed by atoms with van der Waals surface area (Å²) in [7, 11) is 0. The van der Waals surface area contributed by atoms with E-state index in [9.17, 15) is 0 Å². The first-order valence-electron chi connectivity index (χ1n) is 16.7. The van der Waals surface area contributed by atoms with Crippen LogP contribution in [0.4, 0.5) is 17.1 Å². The van der Waals surface area contributed by atoms with Crippen molar-refractivity contribution < 1.29 is 4.74 Å². The quantitative estimate of drug-likeness (QED) is 0.189. The number of aromatic nitrogens is 1. The van der Waals surface area contributed by atoms with Crippen LogP contribution in [0, 0.1) is 0 Å². The smallest absolute Gasteiger partial charge is 0.152 e. The molecule has 8 aromatic carbocycles. The van der Waals surface area contributed by atoms with E-state index in [1.54, 1.807) is 0 Å². The molecule has 3 heteroatoms. The predicted molar refractivity (Wildman–Crippen MR) is 204 cm³/mol. The van der Waals surface area contributed by atoms with Gasteiger partial charge in [0.2, 0.25) is 0 Å². The van der Waals surface area contributed by atoms with Crippen molar-refractivity contribution in [1.82, 2.24) is 4.57 Å². The van der Waals surface area contributed by atoms with Crippen LogP contribution in [0.5, 0.6) is 11.5 Å². The fourth-order valence-electron chi connectivity index (χ4n) is 7.49. The van der Waals surface area contributed by atoms with Gasteiger partial charge in [-0.05, 0) is 99.8 Å². The zero-order valence-electron chi connectivity index (χ0n) is 26.6. The van der Waals surface area contributed by atoms with Gasteiger partial charge in [-0.2, -0.15) is 0 Å². The molecule has 0 fully saturated rings. The molecule has 0 aliphatic carbocycles. The van der Waals surface area contributed by atoms with Gasteiger partial charge in [0, 0.05) is 27.8 Å². The van der Waals surface area contributed by atoms with Crippen LogP contribution in [0.25, 0.3) is 60.5 Å². The molecule has 0 unspecified atom stereocenters. The van der Waals surface area contributed by atoms with Crippen molar-refractivity contribution in [2.24, 2.45) is 0 Å². The molecule has 1 aromatic heterocycles. The number of anilines is 3. The molecule has 1 aliphatic rings. The molecule has 49 heavy (non-hydrogen) atoms. The molecule has 0 amide bonds. The number of benzene rings is 8. The Kier molecular flexibility index (Phi) is 6.18. The van der Waals surface area contributed by atoms with Crippen LogP contribution in [0.3, 0.4) is 0 Å². The Balaban J connectivity index is 1.03. The van der Waals surface area contributed by atoms with Crippen LogP contribution in [0.1, 0.15) is 0 Å². The van der Waals surface area contributed by atoms with Gasteiger partial charge in [-0.15, -0.1) is 0 Å². The van der Waals surface area contributed by atoms with Crippen molar-refractivity contribution in [3.8, 4) is 39.4 Å². The highest BCUT2D eigenvalue weighted by Crippen LogP contribution is 2.46. The molecule has 3 nitrogen and oxygen atoms in total. The lowest BCUT2D eigenvalue weighted by atomic mass is 9.98. The van der Waals surface area contributed by atoms with Gasteiger partial charge in [0.25, 0.3) is 0 Å². The molecule has 0 saturated heterocycles. The van der Waals surface area contributed by atoms with E-state index in [1.165, 1.54) is 49.3 Å². The molecule has 9 aromatic rings. The fraction of sp³-hybridized carbons (Fsp3) is 0. The van der Waals surface area contributed by atoms with Gasteiger partial charge >= 0.3 is 0 Å². The molecule has 2 heterocycles. The van der Waals surface area contributed by atoms with Crippen LogP contribution in [0.2, 0.25) is 0 Å². The SMILES string of the molecule is c1ccc(N(c2ccc(-c3ccc4c(c3)c3cccc5c3n4-c3ccccc3O5)cc2)c2ccc(-c3cccc4ccccc34)cc2)cc1. The highest BCUT2D eigenvalue weighted by atomic mass is 16.5. The van der Waals surface area contributed by atoms with Crippen molar-refractivity contribution in [3.63, 3.8) is 0 Å². The van der Waals surface area contributed by atoms with Gasteiger partial charge in [-0.1, -0.05) is 115 Å². The van der Waals surface area contributed by atoms with E-state index < -0.39 is 0 Å². The second-order valence-corrected chi connectivity index (χ2v) is 12.6. The average molecular weight is 627 g/mol. The minimum absolute atomic E-state index is 0.880. The molecule has 0 atom stereocenters. The second kappa shape index (κ2) is 11.0. The molecule has 0 N–H and O–H groups in total. The summed E-state index contributed by atoms with van der Waals surface area (Å²) in [6, 6.07) is 65.0. The van der Waals surface area contributed by atoms with Gasteiger partial charge in [0.05, 0.1) is 16.7 Å². The summed E-state index contributed by atoms with van der Waals surface area (Å²) >= 11 is 0. The molecule has 0 bridgehead atoms. The minimum atomic E-state index is 0.880. The summed E-state index contributed by atoms with van der Waals surface area (Å²) in [5.41, 5.74) is 11.5. The third kappa shape index (κ3) is 4.44. The van der Waals surface area contributed by atoms with Crippen molar-refractivity contribution in [1.29, 1.82) is 0 Å². The van der Waals surface area contributed by atoms with Crippen LogP contribution in [0.15, 0.2) is 182 Å². The fourth-order valence-corrected chi connectivity index (χ4v) is 7.49. The van der Waals surface area contributed by atoms with Gasteiger partial charge in [0.15, 0.2) is 11.5 Å². The lowest BCUT2D eigenvalue weighted by molar-refractivity contribution is 0.476.